The van der Waals surface area contributed by atoms with Crippen molar-refractivity contribution in [2.75, 3.05) is 13.2 Å². The predicted octanol–water partition coefficient (Wildman–Crippen LogP) is 3.94. The van der Waals surface area contributed by atoms with Gasteiger partial charge >= 0.3 is 12.1 Å². The molecule has 2 aliphatic heterocycles. The van der Waals surface area contributed by atoms with Gasteiger partial charge in [-0.1, -0.05) is 30.1 Å². The molecule has 0 radical (unpaired) electrons. The normalized spacial score (nSPS) is 27.8. The first-order chi connectivity index (χ1) is 21.3. The SMILES string of the molecule is CCOC(=O)[C@@]12C[C@@H]1/C=C\CCCCC[C@H](NC(=O)OC(C)(C)C)C(=O)N1C[C@H](n3ncc(N=[N+]=[N-])c(Br)c3=O)C[C@H]1C(=O)N2. The average Bonchev–Trinajstić information content (AvgIpc) is 3.47. The molecular weight excluding hydrogens is 652 g/mol. The molecule has 244 valence electrons. The zero-order chi connectivity index (χ0) is 32.9. The van der Waals surface area contributed by atoms with Gasteiger partial charge in [-0.15, -0.1) is 0 Å². The fraction of sp³-hybridized carbons (Fsp3) is 0.655. The summed E-state index contributed by atoms with van der Waals surface area (Å²) in [5, 5.41) is 13.2. The number of nitrogens with zero attached hydrogens (tertiary/aromatic N) is 6. The zero-order valence-electron chi connectivity index (χ0n) is 25.8. The van der Waals surface area contributed by atoms with Crippen molar-refractivity contribution < 1.29 is 28.7 Å². The molecule has 3 heterocycles. The largest absolute Gasteiger partial charge is 0.464 e. The predicted molar refractivity (Wildman–Crippen MR) is 165 cm³/mol. The summed E-state index contributed by atoms with van der Waals surface area (Å²) in [6.07, 6.45) is 8.02. The molecule has 0 unspecified atom stereocenters. The van der Waals surface area contributed by atoms with E-state index in [1.807, 2.05) is 12.2 Å². The number of halogens is 1. The zero-order valence-corrected chi connectivity index (χ0v) is 27.4. The van der Waals surface area contributed by atoms with Crippen molar-refractivity contribution in [2.24, 2.45) is 11.0 Å². The number of amides is 3. The number of nitrogens with one attached hydrogen (secondary N) is 2. The fourth-order valence-electron chi connectivity index (χ4n) is 5.77. The molecule has 1 aromatic heterocycles. The standard InChI is InChI=1S/C29H39BrN8O7/c1-5-44-26(42)29-14-17(29)11-9-7-6-8-10-12-19(33-27(43)45-28(2,3)4)24(40)37-16-18(13-21(37)23(39)34-29)38-25(41)22(30)20(15-32-38)35-36-31/h9,11,15,17-19,21H,5-8,10,12-14,16H2,1-4H3,(H,33,43)(H,34,39)/b11-9-/t17-,18+,19-,21-,29+/m0/s1. The minimum Gasteiger partial charge on any atom is -0.464 e. The summed E-state index contributed by atoms with van der Waals surface area (Å²) in [4.78, 5) is 71.3. The lowest BCUT2D eigenvalue weighted by Crippen LogP contribution is -2.56. The molecule has 0 spiro atoms. The Morgan fingerprint density at radius 3 is 2.71 bits per heavy atom. The van der Waals surface area contributed by atoms with Crippen LogP contribution in [0.4, 0.5) is 10.5 Å². The van der Waals surface area contributed by atoms with Gasteiger partial charge in [0, 0.05) is 23.8 Å². The first kappa shape index (κ1) is 34.0. The Morgan fingerprint density at radius 1 is 1.27 bits per heavy atom. The van der Waals surface area contributed by atoms with Crippen molar-refractivity contribution >= 4 is 45.5 Å². The topological polar surface area (TPSA) is 198 Å². The molecule has 1 aliphatic carbocycles. The van der Waals surface area contributed by atoms with Gasteiger partial charge in [0.2, 0.25) is 11.8 Å². The fourth-order valence-corrected chi connectivity index (χ4v) is 6.13. The molecule has 0 aromatic carbocycles. The maximum Gasteiger partial charge on any atom is 0.408 e. The van der Waals surface area contributed by atoms with E-state index in [9.17, 15) is 24.0 Å². The molecule has 4 rings (SSSR count). The molecule has 16 heteroatoms. The van der Waals surface area contributed by atoms with Crippen LogP contribution in [0.3, 0.4) is 0 Å². The molecule has 5 atom stereocenters. The Labute approximate surface area is 268 Å². The van der Waals surface area contributed by atoms with E-state index in [1.54, 1.807) is 27.7 Å². The number of carbonyl (C=O) groups is 4. The lowest BCUT2D eigenvalue weighted by Gasteiger charge is -2.30. The van der Waals surface area contributed by atoms with Gasteiger partial charge in [0.1, 0.15) is 23.2 Å². The number of alkyl carbamates (subject to hydrolysis) is 1. The summed E-state index contributed by atoms with van der Waals surface area (Å²) in [6, 6.07) is -2.86. The third-order valence-electron chi connectivity index (χ3n) is 8.01. The lowest BCUT2D eigenvalue weighted by molar-refractivity contribution is -0.150. The van der Waals surface area contributed by atoms with E-state index in [2.05, 4.69) is 41.7 Å². The molecule has 2 N–H and O–H groups in total. The minimum absolute atomic E-state index is 0.00362. The highest BCUT2D eigenvalue weighted by Crippen LogP contribution is 2.46. The van der Waals surface area contributed by atoms with Crippen LogP contribution in [0.15, 0.2) is 32.7 Å². The third kappa shape index (κ3) is 7.85. The molecule has 3 amide bonds. The molecular formula is C29H39BrN8O7. The van der Waals surface area contributed by atoms with Gasteiger partial charge in [-0.25, -0.2) is 14.3 Å². The van der Waals surface area contributed by atoms with Gasteiger partial charge in [-0.2, -0.15) is 5.10 Å². The van der Waals surface area contributed by atoms with E-state index in [0.717, 1.165) is 23.9 Å². The summed E-state index contributed by atoms with van der Waals surface area (Å²) in [6.45, 7) is 6.88. The molecule has 15 nitrogen and oxygen atoms in total. The second-order valence-corrected chi connectivity index (χ2v) is 13.2. The van der Waals surface area contributed by atoms with Crippen molar-refractivity contribution in [2.45, 2.75) is 102 Å². The number of esters is 1. The summed E-state index contributed by atoms with van der Waals surface area (Å²) < 4.78 is 11.9. The third-order valence-corrected chi connectivity index (χ3v) is 8.76. The van der Waals surface area contributed by atoms with Crippen LogP contribution in [0.2, 0.25) is 0 Å². The molecule has 45 heavy (non-hydrogen) atoms. The van der Waals surface area contributed by atoms with E-state index in [-0.39, 0.29) is 35.7 Å². The number of azide groups is 1. The van der Waals surface area contributed by atoms with E-state index < -0.39 is 58.7 Å². The van der Waals surface area contributed by atoms with Crippen LogP contribution in [0.5, 0.6) is 0 Å². The van der Waals surface area contributed by atoms with E-state index in [0.29, 0.717) is 19.3 Å². The van der Waals surface area contributed by atoms with Crippen molar-refractivity contribution in [1.29, 1.82) is 0 Å². The number of fused-ring (bicyclic) bond motifs is 2. The Morgan fingerprint density at radius 2 is 2.02 bits per heavy atom. The minimum atomic E-state index is -1.26. The van der Waals surface area contributed by atoms with Gasteiger partial charge in [0.05, 0.1) is 29.0 Å². The van der Waals surface area contributed by atoms with Crippen LogP contribution in [-0.4, -0.2) is 74.9 Å². The number of rotatable bonds is 5. The number of aromatic nitrogens is 2. The maximum absolute atomic E-state index is 14.2. The number of allylic oxidation sites excluding steroid dienone is 1. The van der Waals surface area contributed by atoms with E-state index >= 15 is 0 Å². The van der Waals surface area contributed by atoms with Gasteiger partial charge in [0.15, 0.2) is 0 Å². The summed E-state index contributed by atoms with van der Waals surface area (Å²) >= 11 is 3.16. The average molecular weight is 692 g/mol. The van der Waals surface area contributed by atoms with Crippen LogP contribution < -0.4 is 16.2 Å². The monoisotopic (exact) mass is 690 g/mol. The van der Waals surface area contributed by atoms with Crippen molar-refractivity contribution in [3.63, 3.8) is 0 Å². The smallest absolute Gasteiger partial charge is 0.408 e. The van der Waals surface area contributed by atoms with Crippen LogP contribution >= 0.6 is 15.9 Å². The Kier molecular flexibility index (Phi) is 10.6. The number of hydrogen-bond acceptors (Lipinski definition) is 9. The van der Waals surface area contributed by atoms with Crippen LogP contribution in [0.1, 0.15) is 78.7 Å². The second kappa shape index (κ2) is 14.0. The van der Waals surface area contributed by atoms with Gasteiger partial charge < -0.3 is 25.0 Å². The number of carbonyl (C=O) groups excluding carboxylic acids is 4. The quantitative estimate of drug-likeness (QED) is 0.152. The molecule has 1 aromatic rings. The molecule has 0 bridgehead atoms. The highest BCUT2D eigenvalue weighted by molar-refractivity contribution is 9.10. The van der Waals surface area contributed by atoms with Crippen LogP contribution in [-0.2, 0) is 23.9 Å². The Balaban J connectivity index is 1.71. The molecule has 3 aliphatic rings. The van der Waals surface area contributed by atoms with Crippen LogP contribution in [0.25, 0.3) is 10.4 Å². The van der Waals surface area contributed by atoms with Gasteiger partial charge in [-0.05, 0) is 74.8 Å². The van der Waals surface area contributed by atoms with Crippen LogP contribution in [0, 0.1) is 5.92 Å². The summed E-state index contributed by atoms with van der Waals surface area (Å²) in [5.74, 6) is -1.92. The number of hydrogen-bond donors (Lipinski definition) is 2. The van der Waals surface area contributed by atoms with Crippen molar-refractivity contribution in [1.82, 2.24) is 25.3 Å². The number of ether oxygens (including phenoxy) is 2. The Hall–Kier alpha value is -3.91. The summed E-state index contributed by atoms with van der Waals surface area (Å²) in [7, 11) is 0. The van der Waals surface area contributed by atoms with Crippen molar-refractivity contribution in [3.05, 3.63) is 43.6 Å². The highest BCUT2D eigenvalue weighted by Gasteiger charge is 2.62. The maximum atomic E-state index is 14.2. The first-order valence-electron chi connectivity index (χ1n) is 15.1. The molecule has 1 saturated carbocycles. The van der Waals surface area contributed by atoms with Gasteiger partial charge in [0.25, 0.3) is 5.56 Å². The first-order valence-corrected chi connectivity index (χ1v) is 15.9. The lowest BCUT2D eigenvalue weighted by atomic mass is 10.0. The highest BCUT2D eigenvalue weighted by atomic mass is 79.9. The summed E-state index contributed by atoms with van der Waals surface area (Å²) in [5.41, 5.74) is 6.12. The van der Waals surface area contributed by atoms with Gasteiger partial charge in [-0.3, -0.25) is 14.4 Å². The Bertz CT molecular complexity index is 1470. The van der Waals surface area contributed by atoms with E-state index in [1.165, 1.54) is 11.1 Å². The molecule has 1 saturated heterocycles. The van der Waals surface area contributed by atoms with Crippen molar-refractivity contribution in [3.8, 4) is 0 Å². The molecule has 2 fully saturated rings. The second-order valence-electron chi connectivity index (χ2n) is 12.4. The van der Waals surface area contributed by atoms with E-state index in [4.69, 9.17) is 15.0 Å².